The fourth-order valence-corrected chi connectivity index (χ4v) is 3.32. The van der Waals surface area contributed by atoms with E-state index in [1.807, 2.05) is 0 Å². The summed E-state index contributed by atoms with van der Waals surface area (Å²) >= 11 is 0.993. The molecule has 2 N–H and O–H groups in total. The van der Waals surface area contributed by atoms with Gasteiger partial charge >= 0.3 is 6.18 Å². The quantitative estimate of drug-likeness (QED) is 0.444. The molecule has 1 saturated heterocycles. The van der Waals surface area contributed by atoms with Crippen molar-refractivity contribution in [3.8, 4) is 0 Å². The first-order chi connectivity index (χ1) is 11.5. The van der Waals surface area contributed by atoms with Crippen LogP contribution >= 0.6 is 11.3 Å². The van der Waals surface area contributed by atoms with E-state index in [1.165, 1.54) is 25.9 Å². The molecule has 0 amide bonds. The molecule has 136 valence electrons. The molecule has 0 atom stereocenters. The Kier molecular flexibility index (Phi) is 7.29. The third-order valence-corrected chi connectivity index (χ3v) is 4.71. The molecule has 1 aromatic heterocycles. The highest BCUT2D eigenvalue weighted by molar-refractivity contribution is 7.09. The summed E-state index contributed by atoms with van der Waals surface area (Å²) in [4.78, 5) is 10.1. The van der Waals surface area contributed by atoms with Gasteiger partial charge in [0.1, 0.15) is 5.01 Å². The van der Waals surface area contributed by atoms with E-state index < -0.39 is 11.9 Å². The number of halogens is 3. The van der Waals surface area contributed by atoms with E-state index in [0.717, 1.165) is 42.6 Å². The van der Waals surface area contributed by atoms with Gasteiger partial charge in [-0.25, -0.2) is 4.98 Å². The van der Waals surface area contributed by atoms with Gasteiger partial charge in [0.2, 0.25) is 0 Å². The fraction of sp³-hybridized carbons (Fsp3) is 0.733. The predicted octanol–water partition coefficient (Wildman–Crippen LogP) is 2.70. The van der Waals surface area contributed by atoms with Gasteiger partial charge in [0, 0.05) is 19.0 Å². The largest absolute Gasteiger partial charge is 0.434 e. The van der Waals surface area contributed by atoms with E-state index in [1.54, 1.807) is 7.05 Å². The van der Waals surface area contributed by atoms with Crippen LogP contribution in [-0.2, 0) is 12.7 Å². The highest BCUT2D eigenvalue weighted by atomic mass is 32.1. The van der Waals surface area contributed by atoms with Crippen LogP contribution in [0.4, 0.5) is 13.2 Å². The second-order valence-corrected chi connectivity index (χ2v) is 6.68. The highest BCUT2D eigenvalue weighted by Gasteiger charge is 2.33. The summed E-state index contributed by atoms with van der Waals surface area (Å²) in [5, 5.41) is 7.59. The van der Waals surface area contributed by atoms with E-state index >= 15 is 0 Å². The first-order valence-corrected chi connectivity index (χ1v) is 9.05. The van der Waals surface area contributed by atoms with E-state index in [-0.39, 0.29) is 6.54 Å². The second kappa shape index (κ2) is 9.22. The van der Waals surface area contributed by atoms with E-state index in [0.29, 0.717) is 11.0 Å². The molecule has 0 spiro atoms. The van der Waals surface area contributed by atoms with Gasteiger partial charge in [-0.1, -0.05) is 0 Å². The monoisotopic (exact) mass is 363 g/mol. The van der Waals surface area contributed by atoms with E-state index in [4.69, 9.17) is 0 Å². The molecule has 0 unspecified atom stereocenters. The number of unbranched alkanes of at least 4 members (excludes halogenated alkanes) is 1. The van der Waals surface area contributed by atoms with Crippen molar-refractivity contribution in [3.05, 3.63) is 16.1 Å². The molecule has 2 rings (SSSR count). The molecular formula is C15H24F3N5S. The molecule has 0 aromatic carbocycles. The summed E-state index contributed by atoms with van der Waals surface area (Å²) in [5.74, 6) is 0.583. The Morgan fingerprint density at radius 3 is 2.67 bits per heavy atom. The van der Waals surface area contributed by atoms with Crippen LogP contribution in [0.25, 0.3) is 0 Å². The summed E-state index contributed by atoms with van der Waals surface area (Å²) in [7, 11) is 1.64. The third kappa shape index (κ3) is 6.27. The molecule has 0 radical (unpaired) electrons. The molecule has 1 aromatic rings. The van der Waals surface area contributed by atoms with Crippen LogP contribution in [0.1, 0.15) is 36.4 Å². The maximum Gasteiger partial charge on any atom is 0.434 e. The van der Waals surface area contributed by atoms with Crippen molar-refractivity contribution in [2.24, 2.45) is 4.99 Å². The van der Waals surface area contributed by atoms with Crippen LogP contribution in [-0.4, -0.2) is 49.1 Å². The van der Waals surface area contributed by atoms with Crippen molar-refractivity contribution in [2.75, 3.05) is 33.2 Å². The fourth-order valence-electron chi connectivity index (χ4n) is 2.58. The van der Waals surface area contributed by atoms with Gasteiger partial charge in [-0.05, 0) is 45.3 Å². The van der Waals surface area contributed by atoms with Crippen molar-refractivity contribution >= 4 is 17.3 Å². The van der Waals surface area contributed by atoms with Crippen molar-refractivity contribution in [2.45, 2.75) is 38.4 Å². The number of alkyl halides is 3. The van der Waals surface area contributed by atoms with Crippen molar-refractivity contribution in [1.29, 1.82) is 0 Å². The van der Waals surface area contributed by atoms with E-state index in [2.05, 4.69) is 25.5 Å². The van der Waals surface area contributed by atoms with Gasteiger partial charge in [-0.3, -0.25) is 4.99 Å². The lowest BCUT2D eigenvalue weighted by molar-refractivity contribution is -0.140. The molecule has 0 aliphatic carbocycles. The Morgan fingerprint density at radius 1 is 1.29 bits per heavy atom. The SMILES string of the molecule is CN=C(NCCCCN1CCCC1)NCc1nc(C(F)(F)F)cs1. The number of hydrogen-bond acceptors (Lipinski definition) is 4. The van der Waals surface area contributed by atoms with Crippen molar-refractivity contribution in [1.82, 2.24) is 20.5 Å². The molecular weight excluding hydrogens is 339 g/mol. The minimum Gasteiger partial charge on any atom is -0.356 e. The summed E-state index contributed by atoms with van der Waals surface area (Å²) in [6.07, 6.45) is 0.394. The zero-order valence-electron chi connectivity index (χ0n) is 13.8. The maximum absolute atomic E-state index is 12.5. The van der Waals surface area contributed by atoms with Crippen LogP contribution in [0.5, 0.6) is 0 Å². The normalized spacial score (nSPS) is 16.6. The molecule has 2 heterocycles. The zero-order chi connectivity index (χ0) is 17.4. The Balaban J connectivity index is 1.62. The van der Waals surface area contributed by atoms with Crippen LogP contribution in [0, 0.1) is 0 Å². The number of rotatable bonds is 7. The van der Waals surface area contributed by atoms with Gasteiger partial charge in [-0.15, -0.1) is 11.3 Å². The van der Waals surface area contributed by atoms with Gasteiger partial charge in [-0.2, -0.15) is 13.2 Å². The van der Waals surface area contributed by atoms with E-state index in [9.17, 15) is 13.2 Å². The molecule has 0 bridgehead atoms. The van der Waals surface area contributed by atoms with Gasteiger partial charge in [0.05, 0.1) is 6.54 Å². The molecule has 0 saturated carbocycles. The molecule has 1 aliphatic rings. The first kappa shape index (κ1) is 19.0. The number of aliphatic imine (C=N–C) groups is 1. The standard InChI is InChI=1S/C15H24F3N5S/c1-19-14(20-6-2-3-7-23-8-4-5-9-23)21-10-13-22-12(11-24-13)15(16,17)18/h11H,2-10H2,1H3,(H2,19,20,21). The smallest absolute Gasteiger partial charge is 0.356 e. The van der Waals surface area contributed by atoms with Crippen molar-refractivity contribution in [3.63, 3.8) is 0 Å². The van der Waals surface area contributed by atoms with Crippen LogP contribution in [0.15, 0.2) is 10.4 Å². The zero-order valence-corrected chi connectivity index (χ0v) is 14.6. The lowest BCUT2D eigenvalue weighted by Gasteiger charge is -2.15. The lowest BCUT2D eigenvalue weighted by Crippen LogP contribution is -2.37. The molecule has 24 heavy (non-hydrogen) atoms. The van der Waals surface area contributed by atoms with Gasteiger partial charge in [0.15, 0.2) is 11.7 Å². The third-order valence-electron chi connectivity index (χ3n) is 3.87. The van der Waals surface area contributed by atoms with Crippen molar-refractivity contribution < 1.29 is 13.2 Å². The molecule has 1 fully saturated rings. The molecule has 5 nitrogen and oxygen atoms in total. The summed E-state index contributed by atoms with van der Waals surface area (Å²) < 4.78 is 37.5. The minimum absolute atomic E-state index is 0.230. The van der Waals surface area contributed by atoms with Gasteiger partial charge in [0.25, 0.3) is 0 Å². The lowest BCUT2D eigenvalue weighted by atomic mass is 10.3. The van der Waals surface area contributed by atoms with Crippen LogP contribution in [0.3, 0.4) is 0 Å². The second-order valence-electron chi connectivity index (χ2n) is 5.73. The maximum atomic E-state index is 12.5. The number of thiazole rings is 1. The highest BCUT2D eigenvalue weighted by Crippen LogP contribution is 2.29. The predicted molar refractivity (Wildman–Crippen MR) is 90.2 cm³/mol. The average molecular weight is 363 g/mol. The minimum atomic E-state index is -4.38. The first-order valence-electron chi connectivity index (χ1n) is 8.17. The Bertz CT molecular complexity index is 523. The summed E-state index contributed by atoms with van der Waals surface area (Å²) in [5.41, 5.74) is -0.839. The number of hydrogen-bond donors (Lipinski definition) is 2. The van der Waals surface area contributed by atoms with Crippen LogP contribution < -0.4 is 10.6 Å². The Morgan fingerprint density at radius 2 is 2.04 bits per heavy atom. The Labute approximate surface area is 144 Å². The number of nitrogens with zero attached hydrogens (tertiary/aromatic N) is 3. The van der Waals surface area contributed by atoms with Crippen LogP contribution in [0.2, 0.25) is 0 Å². The summed E-state index contributed by atoms with van der Waals surface area (Å²) in [6, 6.07) is 0. The topological polar surface area (TPSA) is 52.6 Å². The van der Waals surface area contributed by atoms with Gasteiger partial charge < -0.3 is 15.5 Å². The summed E-state index contributed by atoms with van der Waals surface area (Å²) in [6.45, 7) is 4.58. The number of guanidine groups is 1. The number of likely N-dealkylation sites (tertiary alicyclic amines) is 1. The Hall–Kier alpha value is -1.35. The molecule has 1 aliphatic heterocycles. The average Bonchev–Trinajstić information content (AvgIpc) is 3.20. The number of nitrogens with one attached hydrogen (secondary N) is 2. The molecule has 9 heteroatoms. The number of aromatic nitrogens is 1.